The molecule has 0 amide bonds. The van der Waals surface area contributed by atoms with Gasteiger partial charge in [-0.1, -0.05) is 30.3 Å². The van der Waals surface area contributed by atoms with Gasteiger partial charge in [0.05, 0.1) is 12.2 Å². The van der Waals surface area contributed by atoms with E-state index < -0.39 is 11.7 Å². The Bertz CT molecular complexity index is 591. The predicted molar refractivity (Wildman–Crippen MR) is 80.4 cm³/mol. The second kappa shape index (κ2) is 6.13. The molecule has 0 N–H and O–H groups in total. The summed E-state index contributed by atoms with van der Waals surface area (Å²) >= 11 is 1.83. The first-order valence-corrected chi connectivity index (χ1v) is 6.80. The summed E-state index contributed by atoms with van der Waals surface area (Å²) in [6, 6.07) is 11.0. The molecule has 0 aliphatic heterocycles. The number of hydrogen-bond donors (Lipinski definition) is 0. The van der Waals surface area contributed by atoms with E-state index in [1.165, 1.54) is 12.1 Å². The van der Waals surface area contributed by atoms with Gasteiger partial charge in [-0.15, -0.1) is 0 Å². The van der Waals surface area contributed by atoms with Crippen LogP contribution in [0.1, 0.15) is 16.7 Å². The minimum Gasteiger partial charge on any atom is -0.311 e. The van der Waals surface area contributed by atoms with Crippen LogP contribution in [0.4, 0.5) is 13.2 Å². The highest BCUT2D eigenvalue weighted by Gasteiger charge is 2.29. The van der Waals surface area contributed by atoms with Crippen molar-refractivity contribution in [3.8, 4) is 11.1 Å². The molecule has 0 heterocycles. The quantitative estimate of drug-likeness (QED) is 0.623. The van der Waals surface area contributed by atoms with E-state index in [4.69, 9.17) is 3.07 Å². The average Bonchev–Trinajstić information content (AvgIpc) is 2.40. The van der Waals surface area contributed by atoms with E-state index in [9.17, 15) is 13.2 Å². The lowest BCUT2D eigenvalue weighted by Crippen LogP contribution is -2.04. The monoisotopic (exact) mass is 392 g/mol. The highest BCUT2D eigenvalue weighted by molar-refractivity contribution is 14.1. The third-order valence-corrected chi connectivity index (χ3v) is 3.41. The number of rotatable bonds is 3. The van der Waals surface area contributed by atoms with Gasteiger partial charge in [-0.05, 0) is 41.3 Å². The van der Waals surface area contributed by atoms with E-state index in [0.29, 0.717) is 6.61 Å². The summed E-state index contributed by atoms with van der Waals surface area (Å²) in [5.41, 5.74) is 3.15. The van der Waals surface area contributed by atoms with Gasteiger partial charge in [0, 0.05) is 0 Å². The topological polar surface area (TPSA) is 9.23 Å². The molecular weight excluding hydrogens is 380 g/mol. The van der Waals surface area contributed by atoms with Crippen LogP contribution in [0.5, 0.6) is 0 Å². The van der Waals surface area contributed by atoms with Crippen LogP contribution in [0.3, 0.4) is 0 Å². The van der Waals surface area contributed by atoms with Gasteiger partial charge in [0.15, 0.2) is 0 Å². The fourth-order valence-electron chi connectivity index (χ4n) is 1.95. The van der Waals surface area contributed by atoms with E-state index >= 15 is 0 Å². The fraction of sp³-hybridized carbons (Fsp3) is 0.200. The molecule has 2 aromatic carbocycles. The molecule has 0 aromatic heterocycles. The zero-order chi connectivity index (χ0) is 14.8. The summed E-state index contributed by atoms with van der Waals surface area (Å²) in [6.07, 6.45) is -4.30. The molecule has 0 atom stereocenters. The number of benzene rings is 2. The van der Waals surface area contributed by atoms with E-state index in [-0.39, 0.29) is 0 Å². The van der Waals surface area contributed by atoms with Crippen LogP contribution in [-0.4, -0.2) is 0 Å². The lowest BCUT2D eigenvalue weighted by atomic mass is 9.99. The van der Waals surface area contributed by atoms with Crippen molar-refractivity contribution >= 4 is 23.0 Å². The molecule has 0 unspecified atom stereocenters. The van der Waals surface area contributed by atoms with Gasteiger partial charge < -0.3 is 3.07 Å². The van der Waals surface area contributed by atoms with Crippen molar-refractivity contribution in [2.24, 2.45) is 0 Å². The molecular formula is C15H12F3IO. The molecule has 0 saturated heterocycles. The minimum absolute atomic E-state index is 0.514. The van der Waals surface area contributed by atoms with Crippen molar-refractivity contribution in [1.82, 2.24) is 0 Å². The Morgan fingerprint density at radius 2 is 1.60 bits per heavy atom. The molecule has 0 aliphatic rings. The predicted octanol–water partition coefficient (Wildman–Crippen LogP) is 5.55. The molecule has 0 bridgehead atoms. The molecule has 20 heavy (non-hydrogen) atoms. The molecule has 106 valence electrons. The first-order valence-electron chi connectivity index (χ1n) is 5.92. The maximum absolute atomic E-state index is 12.5. The summed E-state index contributed by atoms with van der Waals surface area (Å²) in [4.78, 5) is 0. The molecule has 2 aromatic rings. The minimum atomic E-state index is -4.30. The van der Waals surface area contributed by atoms with Crippen molar-refractivity contribution in [3.05, 3.63) is 59.2 Å². The van der Waals surface area contributed by atoms with Gasteiger partial charge in [0.1, 0.15) is 23.0 Å². The van der Waals surface area contributed by atoms with Crippen molar-refractivity contribution in [3.63, 3.8) is 0 Å². The first kappa shape index (κ1) is 15.3. The zero-order valence-corrected chi connectivity index (χ0v) is 12.8. The SMILES string of the molecule is Cc1cc(-c2ccc(C(F)(F)F)cc2)ccc1COI. The average molecular weight is 392 g/mol. The number of alkyl halides is 3. The summed E-state index contributed by atoms with van der Waals surface area (Å²) in [5, 5.41) is 0. The summed E-state index contributed by atoms with van der Waals surface area (Å²) in [5.74, 6) is 0. The summed E-state index contributed by atoms with van der Waals surface area (Å²) < 4.78 is 42.6. The van der Waals surface area contributed by atoms with Gasteiger partial charge in [0.2, 0.25) is 0 Å². The number of aryl methyl sites for hydroxylation is 1. The lowest BCUT2D eigenvalue weighted by molar-refractivity contribution is -0.137. The maximum Gasteiger partial charge on any atom is 0.416 e. The van der Waals surface area contributed by atoms with E-state index in [2.05, 4.69) is 0 Å². The molecule has 0 aliphatic carbocycles. The van der Waals surface area contributed by atoms with Gasteiger partial charge in [0.25, 0.3) is 0 Å². The largest absolute Gasteiger partial charge is 0.416 e. The molecule has 1 nitrogen and oxygen atoms in total. The van der Waals surface area contributed by atoms with E-state index in [1.807, 2.05) is 48.1 Å². The Morgan fingerprint density at radius 3 is 2.10 bits per heavy atom. The highest BCUT2D eigenvalue weighted by atomic mass is 127. The zero-order valence-electron chi connectivity index (χ0n) is 10.7. The summed E-state index contributed by atoms with van der Waals surface area (Å²) in [7, 11) is 0. The Hall–Kier alpha value is -1.08. The molecule has 5 heteroatoms. The number of halogens is 4. The second-order valence-corrected chi connectivity index (χ2v) is 5.09. The Labute approximate surface area is 129 Å². The van der Waals surface area contributed by atoms with Gasteiger partial charge in [-0.2, -0.15) is 13.2 Å². The highest BCUT2D eigenvalue weighted by Crippen LogP contribution is 2.31. The van der Waals surface area contributed by atoms with Gasteiger partial charge >= 0.3 is 6.18 Å². The first-order chi connectivity index (χ1) is 9.41. The molecule has 2 rings (SSSR count). The van der Waals surface area contributed by atoms with E-state index in [1.54, 1.807) is 0 Å². The Morgan fingerprint density at radius 1 is 1.00 bits per heavy atom. The van der Waals surface area contributed by atoms with E-state index in [0.717, 1.165) is 34.4 Å². The van der Waals surface area contributed by atoms with Crippen LogP contribution in [-0.2, 0) is 15.8 Å². The van der Waals surface area contributed by atoms with Gasteiger partial charge in [-0.3, -0.25) is 0 Å². The third kappa shape index (κ3) is 3.52. The van der Waals surface area contributed by atoms with Crippen LogP contribution < -0.4 is 0 Å². The Kier molecular flexibility index (Phi) is 4.70. The van der Waals surface area contributed by atoms with Crippen molar-refractivity contribution in [2.75, 3.05) is 0 Å². The third-order valence-electron chi connectivity index (χ3n) is 3.10. The van der Waals surface area contributed by atoms with Crippen molar-refractivity contribution in [1.29, 1.82) is 0 Å². The van der Waals surface area contributed by atoms with Crippen molar-refractivity contribution < 1.29 is 16.2 Å². The van der Waals surface area contributed by atoms with Crippen molar-refractivity contribution in [2.45, 2.75) is 19.7 Å². The van der Waals surface area contributed by atoms with Crippen LogP contribution in [0.25, 0.3) is 11.1 Å². The van der Waals surface area contributed by atoms with Gasteiger partial charge in [-0.25, -0.2) is 0 Å². The normalized spacial score (nSPS) is 11.7. The lowest BCUT2D eigenvalue weighted by Gasteiger charge is -2.10. The Balaban J connectivity index is 2.30. The molecule has 0 spiro atoms. The smallest absolute Gasteiger partial charge is 0.311 e. The summed E-state index contributed by atoms with van der Waals surface area (Å²) in [6.45, 7) is 2.47. The second-order valence-electron chi connectivity index (χ2n) is 4.47. The fourth-order valence-corrected chi connectivity index (χ4v) is 2.28. The van der Waals surface area contributed by atoms with Crippen LogP contribution in [0, 0.1) is 6.92 Å². The van der Waals surface area contributed by atoms with Crippen LogP contribution >= 0.6 is 23.0 Å². The number of hydrogen-bond acceptors (Lipinski definition) is 1. The molecule has 0 fully saturated rings. The molecule has 0 radical (unpaired) electrons. The van der Waals surface area contributed by atoms with Crippen LogP contribution in [0.2, 0.25) is 0 Å². The molecule has 0 saturated carbocycles. The maximum atomic E-state index is 12.5. The standard InChI is InChI=1S/C15H12F3IO/c1-10-8-12(2-3-13(10)9-20-19)11-4-6-14(7-5-11)15(16,17)18/h2-8H,9H2,1H3. The van der Waals surface area contributed by atoms with Crippen LogP contribution in [0.15, 0.2) is 42.5 Å².